The van der Waals surface area contributed by atoms with Crippen molar-refractivity contribution < 1.29 is 9.47 Å². The Morgan fingerprint density at radius 1 is 0.594 bits per heavy atom. The van der Waals surface area contributed by atoms with Crippen LogP contribution < -0.4 is 14.4 Å². The number of rotatable bonds is 9. The maximum absolute atomic E-state index is 5.85. The Morgan fingerprint density at radius 2 is 0.906 bits per heavy atom. The molecule has 0 bridgehead atoms. The van der Waals surface area contributed by atoms with E-state index >= 15 is 0 Å². The minimum absolute atomic E-state index is 0.500. The minimum Gasteiger partial charge on any atom is -0.493 e. The summed E-state index contributed by atoms with van der Waals surface area (Å²) in [6.07, 6.45) is 0. The molecule has 0 N–H and O–H groups in total. The van der Waals surface area contributed by atoms with Crippen LogP contribution in [0.4, 0.5) is 17.1 Å². The van der Waals surface area contributed by atoms with Gasteiger partial charge in [-0.3, -0.25) is 0 Å². The molecule has 0 unspecified atom stereocenters. The highest BCUT2D eigenvalue weighted by atomic mass is 79.9. The van der Waals surface area contributed by atoms with Crippen LogP contribution in [0.3, 0.4) is 0 Å². The molecule has 0 spiro atoms. The molecule has 3 nitrogen and oxygen atoms in total. The summed E-state index contributed by atoms with van der Waals surface area (Å²) in [6, 6.07) is 24.8. The third kappa shape index (κ3) is 7.90. The summed E-state index contributed by atoms with van der Waals surface area (Å²) in [6.45, 7) is 14.0. The van der Waals surface area contributed by atoms with Crippen molar-refractivity contribution in [3.05, 3.63) is 77.3 Å². The second-order valence-corrected chi connectivity index (χ2v) is 9.13. The maximum Gasteiger partial charge on any atom is 0.119 e. The van der Waals surface area contributed by atoms with E-state index in [1.54, 1.807) is 0 Å². The number of nitrogens with zero attached hydrogens (tertiary/aromatic N) is 1. The summed E-state index contributed by atoms with van der Waals surface area (Å²) in [5, 5.41) is 0. The summed E-state index contributed by atoms with van der Waals surface area (Å²) in [5.74, 6) is 2.78. The molecule has 0 aromatic heterocycles. The van der Waals surface area contributed by atoms with E-state index in [1.165, 1.54) is 0 Å². The molecular formula is C28H36BrNO2. The number of ether oxygens (including phenoxy) is 2. The monoisotopic (exact) mass is 497 g/mol. The van der Waals surface area contributed by atoms with E-state index in [1.807, 2.05) is 38.1 Å². The first-order valence-corrected chi connectivity index (χ1v) is 12.2. The standard InChI is InChI=1S/C26H30BrNO2.C2H6/c1-19(2)17-29-25-13-9-23(10-14-25)28(22-7-5-21(27)6-8-22)24-11-15-26(16-12-24)30-18-20(3)4;1-2/h5-16,19-20H,17-18H2,1-4H3;1-2H3. The fourth-order valence-electron chi connectivity index (χ4n) is 2.95. The van der Waals surface area contributed by atoms with Crippen molar-refractivity contribution >= 4 is 33.0 Å². The Labute approximate surface area is 202 Å². The molecule has 0 amide bonds. The maximum atomic E-state index is 5.85. The lowest BCUT2D eigenvalue weighted by Gasteiger charge is -2.26. The zero-order valence-electron chi connectivity index (χ0n) is 20.1. The molecule has 0 aliphatic carbocycles. The van der Waals surface area contributed by atoms with Gasteiger partial charge in [0.25, 0.3) is 0 Å². The fourth-order valence-corrected chi connectivity index (χ4v) is 3.21. The van der Waals surface area contributed by atoms with Crippen LogP contribution in [0.1, 0.15) is 41.5 Å². The van der Waals surface area contributed by atoms with Gasteiger partial charge in [0.05, 0.1) is 13.2 Å². The molecule has 0 fully saturated rings. The minimum atomic E-state index is 0.500. The molecule has 0 atom stereocenters. The summed E-state index contributed by atoms with van der Waals surface area (Å²) in [7, 11) is 0. The van der Waals surface area contributed by atoms with Gasteiger partial charge < -0.3 is 14.4 Å². The Kier molecular flexibility index (Phi) is 10.6. The lowest BCUT2D eigenvalue weighted by molar-refractivity contribution is 0.271. The van der Waals surface area contributed by atoms with Crippen LogP contribution >= 0.6 is 15.9 Å². The van der Waals surface area contributed by atoms with E-state index in [-0.39, 0.29) is 0 Å². The zero-order valence-corrected chi connectivity index (χ0v) is 21.7. The van der Waals surface area contributed by atoms with Gasteiger partial charge in [-0.2, -0.15) is 0 Å². The molecule has 32 heavy (non-hydrogen) atoms. The van der Waals surface area contributed by atoms with Crippen LogP contribution in [-0.4, -0.2) is 13.2 Å². The van der Waals surface area contributed by atoms with E-state index in [9.17, 15) is 0 Å². The lowest BCUT2D eigenvalue weighted by Crippen LogP contribution is -2.10. The Bertz CT molecular complexity index is 848. The number of benzene rings is 3. The summed E-state index contributed by atoms with van der Waals surface area (Å²) in [4.78, 5) is 2.23. The average Bonchev–Trinajstić information content (AvgIpc) is 2.80. The van der Waals surface area contributed by atoms with Crippen LogP contribution in [-0.2, 0) is 0 Å². The molecular weight excluding hydrogens is 462 g/mol. The number of halogens is 1. The topological polar surface area (TPSA) is 21.7 Å². The van der Waals surface area contributed by atoms with Gasteiger partial charge in [-0.25, -0.2) is 0 Å². The molecule has 3 aromatic carbocycles. The van der Waals surface area contributed by atoms with E-state index < -0.39 is 0 Å². The fraction of sp³-hybridized carbons (Fsp3) is 0.357. The van der Waals surface area contributed by atoms with Gasteiger partial charge in [0.1, 0.15) is 11.5 Å². The van der Waals surface area contributed by atoms with Crippen molar-refractivity contribution in [3.63, 3.8) is 0 Å². The highest BCUT2D eigenvalue weighted by molar-refractivity contribution is 9.10. The first-order valence-electron chi connectivity index (χ1n) is 11.4. The first kappa shape index (κ1) is 25.8. The van der Waals surface area contributed by atoms with E-state index in [4.69, 9.17) is 9.47 Å². The van der Waals surface area contributed by atoms with Crippen LogP contribution in [0.5, 0.6) is 11.5 Å². The molecule has 0 radical (unpaired) electrons. The second kappa shape index (κ2) is 13.2. The van der Waals surface area contributed by atoms with E-state index in [0.717, 1.165) is 33.0 Å². The predicted octanol–water partition coefficient (Wildman–Crippen LogP) is 9.01. The molecule has 172 valence electrons. The molecule has 0 saturated carbocycles. The Hall–Kier alpha value is -2.46. The summed E-state index contributed by atoms with van der Waals surface area (Å²) in [5.41, 5.74) is 3.24. The predicted molar refractivity (Wildman–Crippen MR) is 141 cm³/mol. The van der Waals surface area contributed by atoms with Gasteiger partial charge in [0, 0.05) is 21.5 Å². The smallest absolute Gasteiger partial charge is 0.119 e. The Balaban J connectivity index is 0.00000176. The number of anilines is 3. The first-order chi connectivity index (χ1) is 15.4. The van der Waals surface area contributed by atoms with Gasteiger partial charge in [-0.05, 0) is 84.6 Å². The molecule has 0 saturated heterocycles. The number of hydrogen-bond donors (Lipinski definition) is 0. The quantitative estimate of drug-likeness (QED) is 0.294. The molecule has 0 aliphatic heterocycles. The number of hydrogen-bond acceptors (Lipinski definition) is 3. The largest absolute Gasteiger partial charge is 0.493 e. The summed E-state index contributed by atoms with van der Waals surface area (Å²) >= 11 is 3.53. The summed E-state index contributed by atoms with van der Waals surface area (Å²) < 4.78 is 12.8. The molecule has 3 aromatic rings. The molecule has 0 aliphatic rings. The van der Waals surface area contributed by atoms with Crippen LogP contribution in [0.15, 0.2) is 77.3 Å². The van der Waals surface area contributed by atoms with Crippen molar-refractivity contribution in [1.29, 1.82) is 0 Å². The second-order valence-electron chi connectivity index (χ2n) is 8.21. The highest BCUT2D eigenvalue weighted by Crippen LogP contribution is 2.36. The lowest BCUT2D eigenvalue weighted by atomic mass is 10.2. The molecule has 0 heterocycles. The van der Waals surface area contributed by atoms with Gasteiger partial charge in [-0.1, -0.05) is 57.5 Å². The highest BCUT2D eigenvalue weighted by Gasteiger charge is 2.13. The van der Waals surface area contributed by atoms with Crippen molar-refractivity contribution in [2.24, 2.45) is 11.8 Å². The van der Waals surface area contributed by atoms with Crippen molar-refractivity contribution in [2.75, 3.05) is 18.1 Å². The Morgan fingerprint density at radius 3 is 1.22 bits per heavy atom. The van der Waals surface area contributed by atoms with E-state index in [2.05, 4.69) is 97.1 Å². The van der Waals surface area contributed by atoms with Crippen molar-refractivity contribution in [2.45, 2.75) is 41.5 Å². The zero-order chi connectivity index (χ0) is 23.5. The normalized spacial score (nSPS) is 10.5. The third-order valence-corrected chi connectivity index (χ3v) is 4.97. The molecule has 3 rings (SSSR count). The van der Waals surface area contributed by atoms with Crippen molar-refractivity contribution in [3.8, 4) is 11.5 Å². The van der Waals surface area contributed by atoms with Gasteiger partial charge >= 0.3 is 0 Å². The van der Waals surface area contributed by atoms with Gasteiger partial charge in [0.15, 0.2) is 0 Å². The van der Waals surface area contributed by atoms with E-state index in [0.29, 0.717) is 25.0 Å². The van der Waals surface area contributed by atoms with Gasteiger partial charge in [-0.15, -0.1) is 0 Å². The van der Waals surface area contributed by atoms with Crippen LogP contribution in [0.2, 0.25) is 0 Å². The van der Waals surface area contributed by atoms with Crippen LogP contribution in [0, 0.1) is 11.8 Å². The van der Waals surface area contributed by atoms with Crippen LogP contribution in [0.25, 0.3) is 0 Å². The SMILES string of the molecule is CC.CC(C)COc1ccc(N(c2ccc(Br)cc2)c2ccc(OCC(C)C)cc2)cc1. The van der Waals surface area contributed by atoms with Gasteiger partial charge in [0.2, 0.25) is 0 Å². The average molecular weight is 499 g/mol. The van der Waals surface area contributed by atoms with Crippen molar-refractivity contribution in [1.82, 2.24) is 0 Å². The third-order valence-electron chi connectivity index (χ3n) is 4.44. The molecule has 4 heteroatoms.